The van der Waals surface area contributed by atoms with Gasteiger partial charge in [0, 0.05) is 13.2 Å². The van der Waals surface area contributed by atoms with Crippen molar-refractivity contribution in [2.24, 2.45) is 0 Å². The molecule has 1 aromatic rings. The average molecular weight is 197 g/mol. The number of hydrogen-bond acceptors (Lipinski definition) is 3. The zero-order chi connectivity index (χ0) is 10.4. The largest absolute Gasteiger partial charge is 0.465 e. The molecule has 1 rings (SSSR count). The van der Waals surface area contributed by atoms with E-state index in [0.717, 1.165) is 31.1 Å². The van der Waals surface area contributed by atoms with Crippen molar-refractivity contribution in [3.05, 3.63) is 23.7 Å². The maximum atomic E-state index is 5.45. The standard InChI is InChI=1S/C11H19NO2/c1-4-10(8-13-3)12-7-11-6-5-9(2)14-11/h5-6,10,12H,4,7-8H2,1-3H3/t10-/m0/s1. The fraction of sp³-hybridized carbons (Fsp3) is 0.636. The van der Waals surface area contributed by atoms with E-state index in [1.807, 2.05) is 19.1 Å². The van der Waals surface area contributed by atoms with Crippen LogP contribution in [0.15, 0.2) is 16.5 Å². The molecule has 0 aliphatic heterocycles. The third-order valence-electron chi connectivity index (χ3n) is 2.22. The highest BCUT2D eigenvalue weighted by molar-refractivity contribution is 5.05. The number of nitrogens with one attached hydrogen (secondary N) is 1. The Labute approximate surface area is 85.4 Å². The molecule has 1 atom stereocenters. The molecule has 0 radical (unpaired) electrons. The lowest BCUT2D eigenvalue weighted by Crippen LogP contribution is -2.31. The van der Waals surface area contributed by atoms with E-state index in [2.05, 4.69) is 12.2 Å². The second-order valence-corrected chi connectivity index (χ2v) is 3.45. The lowest BCUT2D eigenvalue weighted by atomic mass is 10.2. The molecule has 3 nitrogen and oxygen atoms in total. The van der Waals surface area contributed by atoms with Gasteiger partial charge in [0.05, 0.1) is 13.2 Å². The van der Waals surface area contributed by atoms with Crippen molar-refractivity contribution in [1.29, 1.82) is 0 Å². The van der Waals surface area contributed by atoms with Crippen LogP contribution in [0.25, 0.3) is 0 Å². The summed E-state index contributed by atoms with van der Waals surface area (Å²) in [7, 11) is 1.72. The molecule has 0 aliphatic rings. The molecule has 0 bridgehead atoms. The Morgan fingerprint density at radius 3 is 2.79 bits per heavy atom. The number of rotatable bonds is 6. The van der Waals surface area contributed by atoms with E-state index in [4.69, 9.17) is 9.15 Å². The van der Waals surface area contributed by atoms with Gasteiger partial charge in [-0.3, -0.25) is 0 Å². The molecule has 0 fully saturated rings. The molecule has 0 saturated carbocycles. The van der Waals surface area contributed by atoms with Crippen molar-refractivity contribution < 1.29 is 9.15 Å². The van der Waals surface area contributed by atoms with Gasteiger partial charge in [-0.2, -0.15) is 0 Å². The Morgan fingerprint density at radius 2 is 2.29 bits per heavy atom. The predicted molar refractivity (Wildman–Crippen MR) is 56.2 cm³/mol. The molecular formula is C11H19NO2. The maximum Gasteiger partial charge on any atom is 0.117 e. The van der Waals surface area contributed by atoms with Crippen LogP contribution in [0.4, 0.5) is 0 Å². The third-order valence-corrected chi connectivity index (χ3v) is 2.22. The van der Waals surface area contributed by atoms with E-state index in [-0.39, 0.29) is 0 Å². The minimum atomic E-state index is 0.408. The smallest absolute Gasteiger partial charge is 0.117 e. The highest BCUT2D eigenvalue weighted by Gasteiger charge is 2.05. The second-order valence-electron chi connectivity index (χ2n) is 3.45. The molecule has 0 aromatic carbocycles. The quantitative estimate of drug-likeness (QED) is 0.758. The summed E-state index contributed by atoms with van der Waals surface area (Å²) in [6.07, 6.45) is 1.06. The van der Waals surface area contributed by atoms with Crippen LogP contribution in [0, 0.1) is 6.92 Å². The molecule has 0 unspecified atom stereocenters. The van der Waals surface area contributed by atoms with Gasteiger partial charge in [0.2, 0.25) is 0 Å². The van der Waals surface area contributed by atoms with Gasteiger partial charge in [-0.1, -0.05) is 6.92 Å². The summed E-state index contributed by atoms with van der Waals surface area (Å²) in [4.78, 5) is 0. The monoisotopic (exact) mass is 197 g/mol. The predicted octanol–water partition coefficient (Wildman–Crippen LogP) is 2.10. The Kier molecular flexibility index (Phi) is 4.70. The second kappa shape index (κ2) is 5.83. The summed E-state index contributed by atoms with van der Waals surface area (Å²) < 4.78 is 10.5. The summed E-state index contributed by atoms with van der Waals surface area (Å²) in [5.41, 5.74) is 0. The van der Waals surface area contributed by atoms with E-state index in [0.29, 0.717) is 6.04 Å². The number of hydrogen-bond donors (Lipinski definition) is 1. The summed E-state index contributed by atoms with van der Waals surface area (Å²) in [6.45, 7) is 5.62. The van der Waals surface area contributed by atoms with E-state index >= 15 is 0 Å². The first-order chi connectivity index (χ1) is 6.76. The number of methoxy groups -OCH3 is 1. The van der Waals surface area contributed by atoms with Crippen molar-refractivity contribution in [3.63, 3.8) is 0 Å². The summed E-state index contributed by atoms with van der Waals surface area (Å²) in [6, 6.07) is 4.39. The molecule has 1 heterocycles. The summed E-state index contributed by atoms with van der Waals surface area (Å²) in [5.74, 6) is 1.94. The fourth-order valence-electron chi connectivity index (χ4n) is 1.35. The lowest BCUT2D eigenvalue weighted by Gasteiger charge is -2.14. The Balaban J connectivity index is 2.31. The number of ether oxygens (including phenoxy) is 1. The van der Waals surface area contributed by atoms with Crippen molar-refractivity contribution >= 4 is 0 Å². The average Bonchev–Trinajstić information content (AvgIpc) is 2.59. The minimum absolute atomic E-state index is 0.408. The number of aryl methyl sites for hydroxylation is 1. The number of furan rings is 1. The van der Waals surface area contributed by atoms with Crippen LogP contribution in [0.3, 0.4) is 0 Å². The highest BCUT2D eigenvalue weighted by atomic mass is 16.5. The zero-order valence-corrected chi connectivity index (χ0v) is 9.17. The van der Waals surface area contributed by atoms with Crippen LogP contribution >= 0.6 is 0 Å². The van der Waals surface area contributed by atoms with Gasteiger partial charge in [0.1, 0.15) is 11.5 Å². The van der Waals surface area contributed by atoms with Crippen LogP contribution in [-0.2, 0) is 11.3 Å². The van der Waals surface area contributed by atoms with Gasteiger partial charge in [0.15, 0.2) is 0 Å². The molecule has 1 N–H and O–H groups in total. The van der Waals surface area contributed by atoms with E-state index in [9.17, 15) is 0 Å². The molecule has 14 heavy (non-hydrogen) atoms. The summed E-state index contributed by atoms with van der Waals surface area (Å²) >= 11 is 0. The molecule has 0 saturated heterocycles. The van der Waals surface area contributed by atoms with Crippen LogP contribution in [0.1, 0.15) is 24.9 Å². The molecular weight excluding hydrogens is 178 g/mol. The minimum Gasteiger partial charge on any atom is -0.465 e. The van der Waals surface area contributed by atoms with Crippen molar-refractivity contribution in [3.8, 4) is 0 Å². The maximum absolute atomic E-state index is 5.45. The molecule has 80 valence electrons. The molecule has 0 amide bonds. The van der Waals surface area contributed by atoms with Gasteiger partial charge in [-0.25, -0.2) is 0 Å². The van der Waals surface area contributed by atoms with E-state index in [1.54, 1.807) is 7.11 Å². The first kappa shape index (κ1) is 11.3. The van der Waals surface area contributed by atoms with Crippen molar-refractivity contribution in [2.75, 3.05) is 13.7 Å². The van der Waals surface area contributed by atoms with Gasteiger partial charge < -0.3 is 14.5 Å². The summed E-state index contributed by atoms with van der Waals surface area (Å²) in [5, 5.41) is 3.38. The Morgan fingerprint density at radius 1 is 1.50 bits per heavy atom. The van der Waals surface area contributed by atoms with Gasteiger partial charge in [-0.15, -0.1) is 0 Å². The highest BCUT2D eigenvalue weighted by Crippen LogP contribution is 2.06. The fourth-order valence-corrected chi connectivity index (χ4v) is 1.35. The van der Waals surface area contributed by atoms with Gasteiger partial charge in [-0.05, 0) is 25.5 Å². The zero-order valence-electron chi connectivity index (χ0n) is 9.17. The van der Waals surface area contributed by atoms with E-state index in [1.165, 1.54) is 0 Å². The topological polar surface area (TPSA) is 34.4 Å². The molecule has 0 spiro atoms. The van der Waals surface area contributed by atoms with Crippen molar-refractivity contribution in [1.82, 2.24) is 5.32 Å². The molecule has 0 aliphatic carbocycles. The first-order valence-corrected chi connectivity index (χ1v) is 5.04. The van der Waals surface area contributed by atoms with Crippen molar-refractivity contribution in [2.45, 2.75) is 32.9 Å². The molecule has 1 aromatic heterocycles. The SMILES string of the molecule is CC[C@@H](COC)NCc1ccc(C)o1. The normalized spacial score (nSPS) is 13.1. The Hall–Kier alpha value is -0.800. The Bertz CT molecular complexity index is 258. The van der Waals surface area contributed by atoms with Gasteiger partial charge in [0.25, 0.3) is 0 Å². The van der Waals surface area contributed by atoms with Crippen LogP contribution in [0.2, 0.25) is 0 Å². The molecule has 3 heteroatoms. The van der Waals surface area contributed by atoms with Crippen LogP contribution in [0.5, 0.6) is 0 Å². The van der Waals surface area contributed by atoms with Gasteiger partial charge >= 0.3 is 0 Å². The third kappa shape index (κ3) is 3.52. The van der Waals surface area contributed by atoms with E-state index < -0.39 is 0 Å². The van der Waals surface area contributed by atoms with Crippen LogP contribution in [-0.4, -0.2) is 19.8 Å². The van der Waals surface area contributed by atoms with Crippen LogP contribution < -0.4 is 5.32 Å². The lowest BCUT2D eigenvalue weighted by molar-refractivity contribution is 0.162. The first-order valence-electron chi connectivity index (χ1n) is 5.04.